The molecule has 0 bridgehead atoms. The number of hydrogen-bond donors (Lipinski definition) is 2. The third kappa shape index (κ3) is 3.80. The number of aliphatic hydroxyl groups is 1. The van der Waals surface area contributed by atoms with Gasteiger partial charge in [-0.3, -0.25) is 0 Å². The van der Waals surface area contributed by atoms with Gasteiger partial charge in [0, 0.05) is 19.7 Å². The second kappa shape index (κ2) is 6.88. The Labute approximate surface area is 110 Å². The molecule has 102 valence electrons. The summed E-state index contributed by atoms with van der Waals surface area (Å²) in [5.41, 5.74) is 4.58. The monoisotopic (exact) mass is 251 g/mol. The van der Waals surface area contributed by atoms with E-state index < -0.39 is 6.10 Å². The summed E-state index contributed by atoms with van der Waals surface area (Å²) in [6, 6.07) is 4.25. The lowest BCUT2D eigenvalue weighted by molar-refractivity contribution is 0.125. The molecule has 1 aromatic carbocycles. The zero-order valence-electron chi connectivity index (χ0n) is 12.1. The summed E-state index contributed by atoms with van der Waals surface area (Å²) in [5.74, 6) is 0. The van der Waals surface area contributed by atoms with E-state index in [0.717, 1.165) is 23.2 Å². The smallest absolute Gasteiger partial charge is 0.0945 e. The molecular weight excluding hydrogens is 226 g/mol. The van der Waals surface area contributed by atoms with Crippen LogP contribution in [0.3, 0.4) is 0 Å². The van der Waals surface area contributed by atoms with E-state index in [1.807, 2.05) is 6.92 Å². The van der Waals surface area contributed by atoms with Crippen molar-refractivity contribution < 1.29 is 9.84 Å². The van der Waals surface area contributed by atoms with Crippen molar-refractivity contribution in [2.24, 2.45) is 0 Å². The van der Waals surface area contributed by atoms with E-state index in [-0.39, 0.29) is 6.04 Å². The van der Waals surface area contributed by atoms with Crippen LogP contribution in [0.15, 0.2) is 12.1 Å². The van der Waals surface area contributed by atoms with Gasteiger partial charge in [-0.1, -0.05) is 17.7 Å². The average molecular weight is 251 g/mol. The molecule has 2 unspecified atom stereocenters. The highest BCUT2D eigenvalue weighted by molar-refractivity contribution is 5.39. The van der Waals surface area contributed by atoms with Crippen molar-refractivity contribution in [1.29, 1.82) is 0 Å². The van der Waals surface area contributed by atoms with E-state index >= 15 is 0 Å². The SMILES string of the molecule is COCCNC(C)C(O)c1c(C)cc(C)cc1C. The summed E-state index contributed by atoms with van der Waals surface area (Å²) >= 11 is 0. The van der Waals surface area contributed by atoms with Crippen molar-refractivity contribution in [3.05, 3.63) is 34.4 Å². The molecule has 2 atom stereocenters. The number of benzene rings is 1. The minimum absolute atomic E-state index is 0.0141. The fraction of sp³-hybridized carbons (Fsp3) is 0.600. The van der Waals surface area contributed by atoms with Crippen LogP contribution in [0.1, 0.15) is 35.3 Å². The van der Waals surface area contributed by atoms with Gasteiger partial charge in [-0.05, 0) is 44.4 Å². The molecule has 18 heavy (non-hydrogen) atoms. The molecule has 0 aliphatic rings. The summed E-state index contributed by atoms with van der Waals surface area (Å²) in [5, 5.41) is 13.7. The molecule has 1 rings (SSSR count). The number of nitrogens with one attached hydrogen (secondary N) is 1. The first-order chi connectivity index (χ1) is 8.47. The van der Waals surface area contributed by atoms with Gasteiger partial charge in [-0.15, -0.1) is 0 Å². The molecule has 0 aromatic heterocycles. The topological polar surface area (TPSA) is 41.5 Å². The molecule has 0 radical (unpaired) electrons. The number of aryl methyl sites for hydroxylation is 3. The lowest BCUT2D eigenvalue weighted by Crippen LogP contribution is -2.35. The fourth-order valence-electron chi connectivity index (χ4n) is 2.41. The van der Waals surface area contributed by atoms with Crippen molar-refractivity contribution in [2.75, 3.05) is 20.3 Å². The number of aliphatic hydroxyl groups excluding tert-OH is 1. The molecule has 0 saturated carbocycles. The Balaban J connectivity index is 2.80. The van der Waals surface area contributed by atoms with Crippen LogP contribution in [0.25, 0.3) is 0 Å². The van der Waals surface area contributed by atoms with Gasteiger partial charge in [0.1, 0.15) is 0 Å². The summed E-state index contributed by atoms with van der Waals surface area (Å²) in [7, 11) is 1.68. The lowest BCUT2D eigenvalue weighted by atomic mass is 9.92. The van der Waals surface area contributed by atoms with E-state index in [1.165, 1.54) is 5.56 Å². The van der Waals surface area contributed by atoms with E-state index in [4.69, 9.17) is 4.74 Å². The summed E-state index contributed by atoms with van der Waals surface area (Å²) in [6.45, 7) is 9.60. The van der Waals surface area contributed by atoms with Crippen molar-refractivity contribution in [1.82, 2.24) is 5.32 Å². The second-order valence-electron chi connectivity index (χ2n) is 4.99. The van der Waals surface area contributed by atoms with Gasteiger partial charge in [0.05, 0.1) is 12.7 Å². The molecule has 0 heterocycles. The normalized spacial score (nSPS) is 14.6. The molecule has 1 aromatic rings. The molecule has 0 saturated heterocycles. The highest BCUT2D eigenvalue weighted by Gasteiger charge is 2.19. The third-order valence-electron chi connectivity index (χ3n) is 3.28. The van der Waals surface area contributed by atoms with Gasteiger partial charge in [0.25, 0.3) is 0 Å². The Morgan fingerprint density at radius 1 is 1.22 bits per heavy atom. The Kier molecular flexibility index (Phi) is 5.79. The minimum Gasteiger partial charge on any atom is -0.387 e. The van der Waals surface area contributed by atoms with Crippen molar-refractivity contribution in [2.45, 2.75) is 39.8 Å². The molecular formula is C15H25NO2. The fourth-order valence-corrected chi connectivity index (χ4v) is 2.41. The van der Waals surface area contributed by atoms with Gasteiger partial charge in [0.15, 0.2) is 0 Å². The van der Waals surface area contributed by atoms with Crippen LogP contribution in [-0.2, 0) is 4.74 Å². The lowest BCUT2D eigenvalue weighted by Gasteiger charge is -2.24. The van der Waals surface area contributed by atoms with E-state index in [0.29, 0.717) is 6.61 Å². The number of ether oxygens (including phenoxy) is 1. The van der Waals surface area contributed by atoms with Gasteiger partial charge in [-0.2, -0.15) is 0 Å². The first kappa shape index (κ1) is 15.2. The van der Waals surface area contributed by atoms with Crippen molar-refractivity contribution in [3.8, 4) is 0 Å². The average Bonchev–Trinajstić information content (AvgIpc) is 2.27. The Morgan fingerprint density at radius 2 is 1.78 bits per heavy atom. The molecule has 0 aliphatic heterocycles. The van der Waals surface area contributed by atoms with Gasteiger partial charge in [0.2, 0.25) is 0 Å². The maximum atomic E-state index is 10.4. The third-order valence-corrected chi connectivity index (χ3v) is 3.28. The van der Waals surface area contributed by atoms with Crippen LogP contribution in [0.5, 0.6) is 0 Å². The Morgan fingerprint density at radius 3 is 2.28 bits per heavy atom. The predicted octanol–water partition coefficient (Wildman–Crippen LogP) is 2.27. The molecule has 0 aliphatic carbocycles. The first-order valence-corrected chi connectivity index (χ1v) is 6.45. The molecule has 0 amide bonds. The zero-order valence-corrected chi connectivity index (χ0v) is 12.1. The number of rotatable bonds is 6. The van der Waals surface area contributed by atoms with Crippen LogP contribution in [-0.4, -0.2) is 31.4 Å². The van der Waals surface area contributed by atoms with E-state index in [1.54, 1.807) is 7.11 Å². The highest BCUT2D eigenvalue weighted by Crippen LogP contribution is 2.25. The van der Waals surface area contributed by atoms with Crippen molar-refractivity contribution >= 4 is 0 Å². The number of methoxy groups -OCH3 is 1. The molecule has 0 fully saturated rings. The molecule has 2 N–H and O–H groups in total. The first-order valence-electron chi connectivity index (χ1n) is 6.45. The highest BCUT2D eigenvalue weighted by atomic mass is 16.5. The van der Waals surface area contributed by atoms with E-state index in [9.17, 15) is 5.11 Å². The quantitative estimate of drug-likeness (QED) is 0.762. The summed E-state index contributed by atoms with van der Waals surface area (Å²) in [4.78, 5) is 0. The van der Waals surface area contributed by atoms with Crippen LogP contribution < -0.4 is 5.32 Å². The zero-order chi connectivity index (χ0) is 13.7. The summed E-state index contributed by atoms with van der Waals surface area (Å²) < 4.78 is 5.00. The largest absolute Gasteiger partial charge is 0.387 e. The standard InChI is InChI=1S/C15H25NO2/c1-10-8-11(2)14(12(3)9-10)15(17)13(4)16-6-7-18-5/h8-9,13,15-17H,6-7H2,1-5H3. The van der Waals surface area contributed by atoms with Crippen LogP contribution >= 0.6 is 0 Å². The van der Waals surface area contributed by atoms with E-state index in [2.05, 4.69) is 38.2 Å². The summed E-state index contributed by atoms with van der Waals surface area (Å²) in [6.07, 6.45) is -0.484. The van der Waals surface area contributed by atoms with Crippen molar-refractivity contribution in [3.63, 3.8) is 0 Å². The van der Waals surface area contributed by atoms with Crippen LogP contribution in [0.2, 0.25) is 0 Å². The van der Waals surface area contributed by atoms with Crippen LogP contribution in [0, 0.1) is 20.8 Å². The van der Waals surface area contributed by atoms with Crippen LogP contribution in [0.4, 0.5) is 0 Å². The maximum absolute atomic E-state index is 10.4. The molecule has 3 nitrogen and oxygen atoms in total. The molecule has 0 spiro atoms. The Hall–Kier alpha value is -0.900. The van der Waals surface area contributed by atoms with Gasteiger partial charge in [-0.25, -0.2) is 0 Å². The van der Waals surface area contributed by atoms with Gasteiger partial charge >= 0.3 is 0 Å². The Bertz CT molecular complexity index is 367. The minimum atomic E-state index is -0.484. The number of hydrogen-bond acceptors (Lipinski definition) is 3. The van der Waals surface area contributed by atoms with Gasteiger partial charge < -0.3 is 15.2 Å². The predicted molar refractivity (Wildman–Crippen MR) is 75.0 cm³/mol. The second-order valence-corrected chi connectivity index (χ2v) is 4.99. The maximum Gasteiger partial charge on any atom is 0.0945 e. The molecule has 3 heteroatoms.